The maximum absolute atomic E-state index is 4.76. The summed E-state index contributed by atoms with van der Waals surface area (Å²) in [4.78, 5) is 9.52. The van der Waals surface area contributed by atoms with Crippen LogP contribution >= 0.6 is 0 Å². The van der Waals surface area contributed by atoms with E-state index in [2.05, 4.69) is 109 Å². The summed E-state index contributed by atoms with van der Waals surface area (Å²) in [6.45, 7) is 1.30. The Morgan fingerprint density at radius 3 is 1.03 bits per heavy atom. The number of hydrogen-bond donors (Lipinski definition) is 0. The molecule has 2 nitrogen and oxygen atoms in total. The van der Waals surface area contributed by atoms with Crippen molar-refractivity contribution in [2.45, 2.75) is 0 Å². The number of rotatable bonds is 5. The third kappa shape index (κ3) is 3.74. The van der Waals surface area contributed by atoms with Gasteiger partial charge < -0.3 is 0 Å². The molecule has 6 aromatic rings. The summed E-state index contributed by atoms with van der Waals surface area (Å²) in [5.41, 5.74) is 2.36. The summed E-state index contributed by atoms with van der Waals surface area (Å²) in [5, 5.41) is 9.89. The van der Waals surface area contributed by atoms with Crippen LogP contribution in [0.3, 0.4) is 0 Å². The van der Waals surface area contributed by atoms with E-state index in [1.165, 1.54) is 54.2 Å². The fourth-order valence-corrected chi connectivity index (χ4v) is 4.80. The van der Waals surface area contributed by atoms with Crippen molar-refractivity contribution in [1.29, 1.82) is 0 Å². The minimum Gasteiger partial charge on any atom is -0.291 e. The molecule has 34 heavy (non-hydrogen) atoms. The van der Waals surface area contributed by atoms with Crippen molar-refractivity contribution in [1.82, 2.24) is 0 Å². The number of fused-ring (bicyclic) bond motifs is 4. The van der Waals surface area contributed by atoms with Gasteiger partial charge in [-0.05, 0) is 55.2 Å². The first-order valence-electron chi connectivity index (χ1n) is 11.7. The lowest BCUT2D eigenvalue weighted by atomic mass is 9.97. The zero-order chi connectivity index (χ0) is 22.7. The van der Waals surface area contributed by atoms with Crippen molar-refractivity contribution in [3.63, 3.8) is 0 Å². The highest BCUT2D eigenvalue weighted by atomic mass is 14.8. The van der Waals surface area contributed by atoms with Crippen molar-refractivity contribution in [2.75, 3.05) is 13.1 Å². The Morgan fingerprint density at radius 1 is 0.412 bits per heavy atom. The van der Waals surface area contributed by atoms with Crippen molar-refractivity contribution in [3.8, 4) is 0 Å². The molecule has 0 atom stereocenters. The van der Waals surface area contributed by atoms with E-state index < -0.39 is 0 Å². The molecule has 0 saturated carbocycles. The molecule has 6 aromatic carbocycles. The van der Waals surface area contributed by atoms with E-state index >= 15 is 0 Å². The van der Waals surface area contributed by atoms with E-state index in [1.54, 1.807) is 0 Å². The Balaban J connectivity index is 1.28. The van der Waals surface area contributed by atoms with Gasteiger partial charge >= 0.3 is 0 Å². The van der Waals surface area contributed by atoms with Gasteiger partial charge in [0.15, 0.2) is 0 Å². The average molecular weight is 437 g/mol. The van der Waals surface area contributed by atoms with Crippen LogP contribution in [-0.2, 0) is 0 Å². The van der Waals surface area contributed by atoms with Crippen LogP contribution in [0.15, 0.2) is 119 Å². The van der Waals surface area contributed by atoms with Gasteiger partial charge in [-0.2, -0.15) is 0 Å². The van der Waals surface area contributed by atoms with Gasteiger partial charge in [-0.3, -0.25) is 9.98 Å². The second-order valence-corrected chi connectivity index (χ2v) is 8.54. The largest absolute Gasteiger partial charge is 0.291 e. The normalized spacial score (nSPS) is 12.1. The molecule has 0 bridgehead atoms. The van der Waals surface area contributed by atoms with Crippen LogP contribution in [0.2, 0.25) is 0 Å². The number of aliphatic imine (C=N–C) groups is 2. The van der Waals surface area contributed by atoms with Crippen molar-refractivity contribution >= 4 is 55.5 Å². The lowest BCUT2D eigenvalue weighted by molar-refractivity contribution is 0.985. The monoisotopic (exact) mass is 436 g/mol. The van der Waals surface area contributed by atoms with Gasteiger partial charge in [0.05, 0.1) is 13.1 Å². The first kappa shape index (κ1) is 20.3. The van der Waals surface area contributed by atoms with Gasteiger partial charge in [0.1, 0.15) is 0 Å². The first-order chi connectivity index (χ1) is 16.9. The van der Waals surface area contributed by atoms with Gasteiger partial charge in [0.25, 0.3) is 0 Å². The molecule has 0 amide bonds. The quantitative estimate of drug-likeness (QED) is 0.149. The molecule has 0 fully saturated rings. The van der Waals surface area contributed by atoms with Gasteiger partial charge in [0, 0.05) is 23.6 Å². The minimum atomic E-state index is 0.650. The summed E-state index contributed by atoms with van der Waals surface area (Å²) in [6.07, 6.45) is 4.04. The standard InChI is InChI=1S/C32H24N2/c1-5-13-27-23(9-1)19-24-10-2-6-14-28(24)31(27)21-33-17-18-34-22-32-29-15-7-3-11-25(29)20-26-12-4-8-16-30(26)32/h1-16,19-22H,17-18H2/b33-21+,34-22+. The topological polar surface area (TPSA) is 24.7 Å². The zero-order valence-corrected chi connectivity index (χ0v) is 18.9. The Kier molecular flexibility index (Phi) is 5.33. The van der Waals surface area contributed by atoms with Crippen LogP contribution in [0.4, 0.5) is 0 Å². The molecule has 0 aromatic heterocycles. The van der Waals surface area contributed by atoms with E-state index in [0.29, 0.717) is 13.1 Å². The minimum absolute atomic E-state index is 0.650. The molecule has 2 heteroatoms. The average Bonchev–Trinajstić information content (AvgIpc) is 2.89. The highest BCUT2D eigenvalue weighted by molar-refractivity contribution is 6.14. The van der Waals surface area contributed by atoms with Crippen molar-refractivity contribution in [3.05, 3.63) is 120 Å². The number of benzene rings is 6. The molecular formula is C32H24N2. The predicted molar refractivity (Wildman–Crippen MR) is 148 cm³/mol. The van der Waals surface area contributed by atoms with E-state index in [1.807, 2.05) is 12.4 Å². The van der Waals surface area contributed by atoms with Crippen molar-refractivity contribution in [2.24, 2.45) is 9.98 Å². The molecule has 0 radical (unpaired) electrons. The maximum atomic E-state index is 4.76. The fourth-order valence-electron chi connectivity index (χ4n) is 4.80. The Morgan fingerprint density at radius 2 is 0.706 bits per heavy atom. The summed E-state index contributed by atoms with van der Waals surface area (Å²) in [6, 6.07) is 38.6. The molecule has 0 aliphatic rings. The molecule has 6 rings (SSSR count). The molecule has 0 aliphatic heterocycles. The van der Waals surface area contributed by atoms with Gasteiger partial charge in [-0.25, -0.2) is 0 Å². The summed E-state index contributed by atoms with van der Waals surface area (Å²) < 4.78 is 0. The molecule has 162 valence electrons. The summed E-state index contributed by atoms with van der Waals surface area (Å²) in [7, 11) is 0. The van der Waals surface area contributed by atoms with Crippen LogP contribution in [0.25, 0.3) is 43.1 Å². The summed E-state index contributed by atoms with van der Waals surface area (Å²) >= 11 is 0. The van der Waals surface area contributed by atoms with Crippen LogP contribution in [0, 0.1) is 0 Å². The van der Waals surface area contributed by atoms with Gasteiger partial charge in [-0.15, -0.1) is 0 Å². The highest BCUT2D eigenvalue weighted by Gasteiger charge is 2.06. The van der Waals surface area contributed by atoms with E-state index in [-0.39, 0.29) is 0 Å². The van der Waals surface area contributed by atoms with E-state index in [9.17, 15) is 0 Å². The molecule has 0 spiro atoms. The lowest BCUT2D eigenvalue weighted by Crippen LogP contribution is -1.94. The van der Waals surface area contributed by atoms with E-state index in [4.69, 9.17) is 9.98 Å². The highest BCUT2D eigenvalue weighted by Crippen LogP contribution is 2.28. The zero-order valence-electron chi connectivity index (χ0n) is 18.9. The third-order valence-electron chi connectivity index (χ3n) is 6.42. The number of hydrogen-bond acceptors (Lipinski definition) is 2. The number of nitrogens with zero attached hydrogens (tertiary/aromatic N) is 2. The van der Waals surface area contributed by atoms with E-state index in [0.717, 1.165) is 0 Å². The van der Waals surface area contributed by atoms with Crippen LogP contribution in [0.5, 0.6) is 0 Å². The Labute approximate surface area is 198 Å². The molecule has 0 aliphatic carbocycles. The predicted octanol–water partition coefficient (Wildman–Crippen LogP) is 7.84. The molecule has 0 unspecified atom stereocenters. The lowest BCUT2D eigenvalue weighted by Gasteiger charge is -2.08. The molecule has 0 saturated heterocycles. The summed E-state index contributed by atoms with van der Waals surface area (Å²) in [5.74, 6) is 0. The Bertz CT molecular complexity index is 1470. The molecule has 0 heterocycles. The van der Waals surface area contributed by atoms with Crippen molar-refractivity contribution < 1.29 is 0 Å². The Hall–Kier alpha value is -4.30. The van der Waals surface area contributed by atoms with Gasteiger partial charge in [0.2, 0.25) is 0 Å². The second-order valence-electron chi connectivity index (χ2n) is 8.54. The fraction of sp³-hybridized carbons (Fsp3) is 0.0625. The second kappa shape index (κ2) is 8.92. The maximum Gasteiger partial charge on any atom is 0.0585 e. The van der Waals surface area contributed by atoms with Crippen LogP contribution < -0.4 is 0 Å². The smallest absolute Gasteiger partial charge is 0.0585 e. The van der Waals surface area contributed by atoms with Crippen LogP contribution in [0.1, 0.15) is 11.1 Å². The first-order valence-corrected chi connectivity index (χ1v) is 11.7. The molecular weight excluding hydrogens is 412 g/mol. The SMILES string of the molecule is C(=N\CC/N=C/c1c2ccccc2cc2ccccc12)/c1c2ccccc2cc2ccccc12. The third-order valence-corrected chi connectivity index (χ3v) is 6.42. The van der Waals surface area contributed by atoms with Crippen LogP contribution in [-0.4, -0.2) is 25.5 Å². The van der Waals surface area contributed by atoms with Gasteiger partial charge in [-0.1, -0.05) is 97.1 Å². The molecule has 0 N–H and O–H groups in total.